The van der Waals surface area contributed by atoms with E-state index in [0.717, 1.165) is 12.8 Å². The number of amides is 1. The molecule has 0 aliphatic heterocycles. The summed E-state index contributed by atoms with van der Waals surface area (Å²) in [4.78, 5) is 24.6. The maximum atomic E-state index is 12.4. The topological polar surface area (TPSA) is 83.6 Å². The minimum absolute atomic E-state index is 0.141. The second kappa shape index (κ2) is 4.66. The minimum Gasteiger partial charge on any atom is -0.478 e. The molecule has 0 radical (unpaired) electrons. The first kappa shape index (κ1) is 13.5. The molecule has 1 aromatic rings. The van der Waals surface area contributed by atoms with Crippen LogP contribution in [0.15, 0.2) is 24.3 Å². The van der Waals surface area contributed by atoms with Crippen LogP contribution in [0.3, 0.4) is 0 Å². The quantitative estimate of drug-likeness (QED) is 0.860. The van der Waals surface area contributed by atoms with Gasteiger partial charge >= 0.3 is 5.97 Å². The number of carbonyl (C=O) groups excluding carboxylic acids is 1. The first-order valence-corrected chi connectivity index (χ1v) is 6.24. The van der Waals surface area contributed by atoms with E-state index in [2.05, 4.69) is 0 Å². The van der Waals surface area contributed by atoms with Crippen molar-refractivity contribution in [2.45, 2.75) is 25.3 Å². The third-order valence-electron chi connectivity index (χ3n) is 3.69. The Bertz CT molecular complexity index is 504. The maximum Gasteiger partial charge on any atom is 0.335 e. The highest BCUT2D eigenvalue weighted by molar-refractivity contribution is 6.00. The Kier molecular flexibility index (Phi) is 3.32. The molecular weight excluding hydrogens is 244 g/mol. The number of likely N-dealkylation sites (N-methyl/N-ethyl adjacent to an activating group) is 1. The molecule has 19 heavy (non-hydrogen) atoms. The van der Waals surface area contributed by atoms with Crippen molar-refractivity contribution < 1.29 is 14.7 Å². The van der Waals surface area contributed by atoms with Gasteiger partial charge in [-0.2, -0.15) is 0 Å². The number of carbonyl (C=O) groups is 2. The summed E-state index contributed by atoms with van der Waals surface area (Å²) in [7, 11) is 1.66. The van der Waals surface area contributed by atoms with Crippen LogP contribution in [-0.2, 0) is 4.79 Å². The lowest BCUT2D eigenvalue weighted by atomic mass is 9.95. The van der Waals surface area contributed by atoms with Crippen LogP contribution in [0.5, 0.6) is 0 Å². The first-order chi connectivity index (χ1) is 8.84. The molecule has 0 aromatic heterocycles. The third-order valence-corrected chi connectivity index (χ3v) is 3.69. The first-order valence-electron chi connectivity index (χ1n) is 6.24. The number of hydrogen-bond donors (Lipinski definition) is 2. The van der Waals surface area contributed by atoms with E-state index in [9.17, 15) is 9.59 Å². The normalized spacial score (nSPS) is 17.6. The Hall–Kier alpha value is -1.88. The van der Waals surface area contributed by atoms with Gasteiger partial charge in [0.05, 0.1) is 11.1 Å². The summed E-state index contributed by atoms with van der Waals surface area (Å²) in [6.07, 6.45) is 1.98. The van der Waals surface area contributed by atoms with Crippen LogP contribution in [-0.4, -0.2) is 29.6 Å². The molecule has 1 atom stereocenters. The zero-order valence-electron chi connectivity index (χ0n) is 11.1. The molecule has 1 fully saturated rings. The van der Waals surface area contributed by atoms with Crippen molar-refractivity contribution in [3.63, 3.8) is 0 Å². The number of rotatable bonds is 4. The van der Waals surface area contributed by atoms with Crippen LogP contribution in [0.2, 0.25) is 0 Å². The Morgan fingerprint density at radius 1 is 1.32 bits per heavy atom. The van der Waals surface area contributed by atoms with Crippen molar-refractivity contribution in [1.82, 2.24) is 0 Å². The van der Waals surface area contributed by atoms with Gasteiger partial charge in [-0.05, 0) is 49.9 Å². The van der Waals surface area contributed by atoms with Gasteiger partial charge in [-0.3, -0.25) is 4.79 Å². The Morgan fingerprint density at radius 2 is 1.84 bits per heavy atom. The molecule has 2 rings (SSSR count). The molecule has 3 N–H and O–H groups in total. The number of anilines is 1. The highest BCUT2D eigenvalue weighted by Crippen LogP contribution is 2.39. The molecule has 1 amide bonds. The molecule has 1 unspecified atom stereocenters. The van der Waals surface area contributed by atoms with Gasteiger partial charge in [-0.25, -0.2) is 4.79 Å². The molecule has 0 saturated heterocycles. The van der Waals surface area contributed by atoms with Crippen LogP contribution >= 0.6 is 0 Å². The van der Waals surface area contributed by atoms with Crippen molar-refractivity contribution in [3.8, 4) is 0 Å². The number of nitrogens with two attached hydrogens (primary N) is 1. The largest absolute Gasteiger partial charge is 0.478 e. The molecule has 1 aromatic carbocycles. The fraction of sp³-hybridized carbons (Fsp3) is 0.429. The van der Waals surface area contributed by atoms with Crippen LogP contribution in [0.1, 0.15) is 30.1 Å². The van der Waals surface area contributed by atoms with Crippen LogP contribution in [0.4, 0.5) is 5.69 Å². The lowest BCUT2D eigenvalue weighted by Crippen LogP contribution is -2.54. The van der Waals surface area contributed by atoms with Crippen LogP contribution in [0, 0.1) is 5.92 Å². The Morgan fingerprint density at radius 3 is 2.26 bits per heavy atom. The smallest absolute Gasteiger partial charge is 0.335 e. The summed E-state index contributed by atoms with van der Waals surface area (Å²) in [6, 6.07) is 6.19. The molecule has 102 valence electrons. The fourth-order valence-corrected chi connectivity index (χ4v) is 2.16. The summed E-state index contributed by atoms with van der Waals surface area (Å²) < 4.78 is 0. The molecule has 0 bridgehead atoms. The summed E-state index contributed by atoms with van der Waals surface area (Å²) in [5.41, 5.74) is 6.09. The van der Waals surface area contributed by atoms with E-state index < -0.39 is 11.5 Å². The van der Waals surface area contributed by atoms with Gasteiger partial charge in [0, 0.05) is 12.7 Å². The second-order valence-corrected chi connectivity index (χ2v) is 5.27. The van der Waals surface area contributed by atoms with E-state index in [1.165, 1.54) is 17.0 Å². The average Bonchev–Trinajstić information content (AvgIpc) is 3.21. The number of nitrogens with zero attached hydrogens (tertiary/aromatic N) is 1. The highest BCUT2D eigenvalue weighted by atomic mass is 16.4. The Labute approximate surface area is 112 Å². The van der Waals surface area contributed by atoms with E-state index in [0.29, 0.717) is 5.69 Å². The summed E-state index contributed by atoms with van der Waals surface area (Å²) in [6.45, 7) is 1.76. The summed E-state index contributed by atoms with van der Waals surface area (Å²) in [5, 5.41) is 8.83. The molecule has 1 aliphatic rings. The minimum atomic E-state index is -0.984. The van der Waals surface area contributed by atoms with E-state index in [-0.39, 0.29) is 17.4 Å². The Balaban J connectivity index is 2.16. The van der Waals surface area contributed by atoms with Crippen LogP contribution < -0.4 is 10.6 Å². The summed E-state index contributed by atoms with van der Waals surface area (Å²) in [5.74, 6) is -0.874. The van der Waals surface area contributed by atoms with Gasteiger partial charge < -0.3 is 15.7 Å². The van der Waals surface area contributed by atoms with Crippen molar-refractivity contribution >= 4 is 17.6 Å². The van der Waals surface area contributed by atoms with Gasteiger partial charge in [-0.15, -0.1) is 0 Å². The maximum absolute atomic E-state index is 12.4. The molecule has 0 heterocycles. The molecule has 0 spiro atoms. The zero-order chi connectivity index (χ0) is 14.2. The highest BCUT2D eigenvalue weighted by Gasteiger charge is 2.45. The lowest BCUT2D eigenvalue weighted by Gasteiger charge is -2.29. The molecule has 1 aliphatic carbocycles. The molecule has 5 nitrogen and oxygen atoms in total. The number of benzene rings is 1. The standard InChI is InChI=1S/C14H18N2O3/c1-14(15,10-5-6-10)13(19)16(2)11-7-3-9(4-8-11)12(17)18/h3-4,7-8,10H,5-6,15H2,1-2H3,(H,17,18). The predicted octanol–water partition coefficient (Wildman–Crippen LogP) is 1.47. The lowest BCUT2D eigenvalue weighted by molar-refractivity contribution is -0.123. The number of carboxylic acids is 1. The van der Waals surface area contributed by atoms with Crippen molar-refractivity contribution in [2.24, 2.45) is 11.7 Å². The van der Waals surface area contributed by atoms with E-state index in [1.54, 1.807) is 26.1 Å². The van der Waals surface area contributed by atoms with E-state index >= 15 is 0 Å². The number of carboxylic acid groups (broad SMARTS) is 1. The molecular formula is C14H18N2O3. The molecule has 5 heteroatoms. The van der Waals surface area contributed by atoms with Gasteiger partial charge in [0.1, 0.15) is 0 Å². The van der Waals surface area contributed by atoms with Gasteiger partial charge in [0.15, 0.2) is 0 Å². The van der Waals surface area contributed by atoms with Crippen molar-refractivity contribution in [1.29, 1.82) is 0 Å². The summed E-state index contributed by atoms with van der Waals surface area (Å²) >= 11 is 0. The SMILES string of the molecule is CN(C(=O)C(C)(N)C1CC1)c1ccc(C(=O)O)cc1. The predicted molar refractivity (Wildman–Crippen MR) is 72.1 cm³/mol. The van der Waals surface area contributed by atoms with E-state index in [1.807, 2.05) is 0 Å². The van der Waals surface area contributed by atoms with Gasteiger partial charge in [0.25, 0.3) is 0 Å². The fourth-order valence-electron chi connectivity index (χ4n) is 2.16. The second-order valence-electron chi connectivity index (χ2n) is 5.27. The van der Waals surface area contributed by atoms with Crippen LogP contribution in [0.25, 0.3) is 0 Å². The third kappa shape index (κ3) is 2.61. The monoisotopic (exact) mass is 262 g/mol. The molecule has 1 saturated carbocycles. The van der Waals surface area contributed by atoms with Gasteiger partial charge in [-0.1, -0.05) is 0 Å². The average molecular weight is 262 g/mol. The van der Waals surface area contributed by atoms with Crippen molar-refractivity contribution in [3.05, 3.63) is 29.8 Å². The number of hydrogen-bond acceptors (Lipinski definition) is 3. The number of aromatic carboxylic acids is 1. The van der Waals surface area contributed by atoms with Crippen molar-refractivity contribution in [2.75, 3.05) is 11.9 Å². The van der Waals surface area contributed by atoms with Gasteiger partial charge in [0.2, 0.25) is 5.91 Å². The van der Waals surface area contributed by atoms with E-state index in [4.69, 9.17) is 10.8 Å². The zero-order valence-corrected chi connectivity index (χ0v) is 11.1.